The molecule has 0 bridgehead atoms. The van der Waals surface area contributed by atoms with E-state index in [4.69, 9.17) is 14.2 Å². The standard InChI is InChI=1S/C19H23NO5S/c1-11-16(18(22)25-10-15(21)19(2,3)4)26-17(20-11)12-7-8-13(23-5)14(9-12)24-6/h7-9H,10H2,1-6H3. The fraction of sp³-hybridized carbons (Fsp3) is 0.421. The molecule has 2 aromatic rings. The fourth-order valence-electron chi connectivity index (χ4n) is 2.09. The molecule has 0 radical (unpaired) electrons. The molecule has 1 heterocycles. The van der Waals surface area contributed by atoms with Crippen LogP contribution in [0, 0.1) is 12.3 Å². The van der Waals surface area contributed by atoms with Crippen LogP contribution in [0.25, 0.3) is 10.6 Å². The van der Waals surface area contributed by atoms with Crippen molar-refractivity contribution in [2.45, 2.75) is 27.7 Å². The van der Waals surface area contributed by atoms with Crippen molar-refractivity contribution >= 4 is 23.1 Å². The monoisotopic (exact) mass is 377 g/mol. The Bertz CT molecular complexity index is 820. The molecule has 0 atom stereocenters. The van der Waals surface area contributed by atoms with Gasteiger partial charge in [-0.3, -0.25) is 4.79 Å². The fourth-order valence-corrected chi connectivity index (χ4v) is 3.05. The number of Topliss-reactive ketones (excluding diaryl/α,β-unsaturated/α-hetero) is 1. The maximum atomic E-state index is 12.3. The first-order valence-electron chi connectivity index (χ1n) is 8.07. The maximum absolute atomic E-state index is 12.3. The third-order valence-corrected chi connectivity index (χ3v) is 4.97. The van der Waals surface area contributed by atoms with Crippen LogP contribution in [0.1, 0.15) is 36.1 Å². The Hall–Kier alpha value is -2.41. The van der Waals surface area contributed by atoms with Crippen molar-refractivity contribution < 1.29 is 23.8 Å². The van der Waals surface area contributed by atoms with Gasteiger partial charge in [0.15, 0.2) is 23.9 Å². The predicted octanol–water partition coefficient (Wildman–Crippen LogP) is 3.91. The van der Waals surface area contributed by atoms with Crippen LogP contribution in [-0.4, -0.2) is 37.6 Å². The maximum Gasteiger partial charge on any atom is 0.350 e. The van der Waals surface area contributed by atoms with E-state index in [2.05, 4.69) is 4.98 Å². The summed E-state index contributed by atoms with van der Waals surface area (Å²) < 4.78 is 15.7. The second kappa shape index (κ2) is 7.86. The molecule has 0 saturated heterocycles. The molecule has 0 aliphatic rings. The Morgan fingerprint density at radius 3 is 2.35 bits per heavy atom. The zero-order valence-corrected chi connectivity index (χ0v) is 16.7. The van der Waals surface area contributed by atoms with Crippen molar-refractivity contribution in [2.24, 2.45) is 5.41 Å². The van der Waals surface area contributed by atoms with Gasteiger partial charge in [0.05, 0.1) is 19.9 Å². The van der Waals surface area contributed by atoms with Crippen molar-refractivity contribution in [3.8, 4) is 22.1 Å². The topological polar surface area (TPSA) is 74.7 Å². The highest BCUT2D eigenvalue weighted by Crippen LogP contribution is 2.35. The highest BCUT2D eigenvalue weighted by Gasteiger charge is 2.24. The molecule has 0 aliphatic carbocycles. The Morgan fingerprint density at radius 2 is 1.77 bits per heavy atom. The summed E-state index contributed by atoms with van der Waals surface area (Å²) in [7, 11) is 3.13. The molecule has 0 aliphatic heterocycles. The molecule has 26 heavy (non-hydrogen) atoms. The molecule has 2 rings (SSSR count). The minimum Gasteiger partial charge on any atom is -0.493 e. The quantitative estimate of drug-likeness (QED) is 0.711. The van der Waals surface area contributed by atoms with Crippen LogP contribution in [0.5, 0.6) is 11.5 Å². The number of hydrogen-bond donors (Lipinski definition) is 0. The molecular weight excluding hydrogens is 354 g/mol. The van der Waals surface area contributed by atoms with E-state index >= 15 is 0 Å². The van der Waals surface area contributed by atoms with Crippen molar-refractivity contribution in [2.75, 3.05) is 20.8 Å². The Kier molecular flexibility index (Phi) is 6.02. The summed E-state index contributed by atoms with van der Waals surface area (Å²) >= 11 is 1.22. The van der Waals surface area contributed by atoms with Crippen molar-refractivity contribution in [1.82, 2.24) is 4.98 Å². The molecule has 0 unspecified atom stereocenters. The number of aromatic nitrogens is 1. The van der Waals surface area contributed by atoms with Gasteiger partial charge in [-0.2, -0.15) is 0 Å². The largest absolute Gasteiger partial charge is 0.493 e. The number of esters is 1. The minimum absolute atomic E-state index is 0.131. The number of ether oxygens (including phenoxy) is 3. The van der Waals surface area contributed by atoms with Gasteiger partial charge in [0.2, 0.25) is 0 Å². The number of ketones is 1. The summed E-state index contributed by atoms with van der Waals surface area (Å²) in [5, 5.41) is 0.664. The van der Waals surface area contributed by atoms with Gasteiger partial charge in [0.1, 0.15) is 9.88 Å². The second-order valence-electron chi connectivity index (χ2n) is 6.75. The molecule has 1 aromatic carbocycles. The molecule has 0 amide bonds. The number of nitrogens with zero attached hydrogens (tertiary/aromatic N) is 1. The molecule has 0 N–H and O–H groups in total. The highest BCUT2D eigenvalue weighted by atomic mass is 32.1. The Labute approximate surface area is 157 Å². The summed E-state index contributed by atoms with van der Waals surface area (Å²) in [6, 6.07) is 5.43. The normalized spacial score (nSPS) is 11.2. The van der Waals surface area contributed by atoms with Gasteiger partial charge in [0.25, 0.3) is 0 Å². The lowest BCUT2D eigenvalue weighted by Crippen LogP contribution is -2.26. The summed E-state index contributed by atoms with van der Waals surface area (Å²) in [5.41, 5.74) is 0.821. The number of benzene rings is 1. The molecule has 7 heteroatoms. The average Bonchev–Trinajstić information content (AvgIpc) is 2.99. The van der Waals surface area contributed by atoms with E-state index in [0.29, 0.717) is 27.1 Å². The van der Waals surface area contributed by atoms with Crippen molar-refractivity contribution in [3.05, 3.63) is 28.8 Å². The van der Waals surface area contributed by atoms with E-state index in [1.54, 1.807) is 54.0 Å². The first-order chi connectivity index (χ1) is 12.2. The number of methoxy groups -OCH3 is 2. The Balaban J connectivity index is 2.21. The van der Waals surface area contributed by atoms with Crippen LogP contribution in [0.3, 0.4) is 0 Å². The first kappa shape index (κ1) is 19.9. The highest BCUT2D eigenvalue weighted by molar-refractivity contribution is 7.17. The van der Waals surface area contributed by atoms with Gasteiger partial charge in [-0.05, 0) is 25.1 Å². The lowest BCUT2D eigenvalue weighted by atomic mass is 9.91. The van der Waals surface area contributed by atoms with E-state index in [0.717, 1.165) is 5.56 Å². The van der Waals surface area contributed by atoms with Gasteiger partial charge in [0, 0.05) is 11.0 Å². The number of aryl methyl sites for hydroxylation is 1. The van der Waals surface area contributed by atoms with Gasteiger partial charge < -0.3 is 14.2 Å². The molecule has 6 nitrogen and oxygen atoms in total. The van der Waals surface area contributed by atoms with Crippen LogP contribution in [0.15, 0.2) is 18.2 Å². The van der Waals surface area contributed by atoms with Gasteiger partial charge in [-0.15, -0.1) is 11.3 Å². The molecule has 0 saturated carbocycles. The summed E-state index contributed by atoms with van der Waals surface area (Å²) in [6.45, 7) is 6.86. The van der Waals surface area contributed by atoms with Gasteiger partial charge in [-0.1, -0.05) is 20.8 Å². The van der Waals surface area contributed by atoms with Crippen LogP contribution in [0.2, 0.25) is 0 Å². The lowest BCUT2D eigenvalue weighted by Gasteiger charge is -2.15. The third kappa shape index (κ3) is 4.40. The summed E-state index contributed by atoms with van der Waals surface area (Å²) in [6.07, 6.45) is 0. The lowest BCUT2D eigenvalue weighted by molar-refractivity contribution is -0.129. The molecule has 0 fully saturated rings. The first-order valence-corrected chi connectivity index (χ1v) is 8.89. The van der Waals surface area contributed by atoms with E-state index in [-0.39, 0.29) is 12.4 Å². The SMILES string of the molecule is COc1ccc(-c2nc(C)c(C(=O)OCC(=O)C(C)(C)C)s2)cc1OC. The number of rotatable bonds is 6. The predicted molar refractivity (Wildman–Crippen MR) is 100 cm³/mol. The molecule has 140 valence electrons. The van der Waals surface area contributed by atoms with E-state index in [1.165, 1.54) is 11.3 Å². The summed E-state index contributed by atoms with van der Waals surface area (Å²) in [5.74, 6) is 0.528. The third-order valence-electron chi connectivity index (χ3n) is 3.78. The molecule has 1 aromatic heterocycles. The number of carbonyl (C=O) groups is 2. The van der Waals surface area contributed by atoms with E-state index < -0.39 is 11.4 Å². The minimum atomic E-state index is -0.548. The molecular formula is C19H23NO5S. The number of hydrogen-bond acceptors (Lipinski definition) is 7. The smallest absolute Gasteiger partial charge is 0.350 e. The van der Waals surface area contributed by atoms with Crippen LogP contribution in [-0.2, 0) is 9.53 Å². The van der Waals surface area contributed by atoms with E-state index in [1.807, 2.05) is 6.07 Å². The average molecular weight is 377 g/mol. The van der Waals surface area contributed by atoms with Crippen LogP contribution in [0.4, 0.5) is 0 Å². The zero-order chi connectivity index (χ0) is 19.5. The number of thiazole rings is 1. The van der Waals surface area contributed by atoms with Crippen molar-refractivity contribution in [1.29, 1.82) is 0 Å². The van der Waals surface area contributed by atoms with Gasteiger partial charge in [-0.25, -0.2) is 9.78 Å². The van der Waals surface area contributed by atoms with Crippen LogP contribution >= 0.6 is 11.3 Å². The summed E-state index contributed by atoms with van der Waals surface area (Å²) in [4.78, 5) is 29.1. The Morgan fingerprint density at radius 1 is 1.12 bits per heavy atom. The number of carbonyl (C=O) groups excluding carboxylic acids is 2. The van der Waals surface area contributed by atoms with Crippen LogP contribution < -0.4 is 9.47 Å². The van der Waals surface area contributed by atoms with E-state index in [9.17, 15) is 9.59 Å². The van der Waals surface area contributed by atoms with Gasteiger partial charge >= 0.3 is 5.97 Å². The second-order valence-corrected chi connectivity index (χ2v) is 7.75. The zero-order valence-electron chi connectivity index (χ0n) is 15.8. The molecule has 0 spiro atoms. The van der Waals surface area contributed by atoms with Crippen molar-refractivity contribution in [3.63, 3.8) is 0 Å².